The van der Waals surface area contributed by atoms with Crippen molar-refractivity contribution < 1.29 is 4.79 Å². The van der Waals surface area contributed by atoms with E-state index in [0.717, 1.165) is 16.0 Å². The number of carbonyl (C=O) groups excluding carboxylic acids is 1. The van der Waals surface area contributed by atoms with Crippen molar-refractivity contribution in [3.8, 4) is 10.4 Å². The number of fused-ring (bicyclic) bond motifs is 1. The van der Waals surface area contributed by atoms with Crippen LogP contribution in [0.3, 0.4) is 0 Å². The summed E-state index contributed by atoms with van der Waals surface area (Å²) in [7, 11) is 3.45. The molecule has 1 atom stereocenters. The lowest BCUT2D eigenvalue weighted by Gasteiger charge is -2.17. The molecule has 1 amide bonds. The van der Waals surface area contributed by atoms with Crippen molar-refractivity contribution >= 4 is 39.2 Å². The van der Waals surface area contributed by atoms with E-state index in [1.165, 1.54) is 23.1 Å². The molecule has 0 bridgehead atoms. The van der Waals surface area contributed by atoms with E-state index in [0.29, 0.717) is 21.9 Å². The average Bonchev–Trinajstić information content (AvgIpc) is 3.01. The van der Waals surface area contributed by atoms with E-state index in [-0.39, 0.29) is 16.7 Å². The Kier molecular flexibility index (Phi) is 6.05. The molecule has 0 aliphatic rings. The number of hydrogen-bond donors (Lipinski definition) is 0. The molecule has 146 valence electrons. The molecule has 0 N–H and O–H groups in total. The van der Waals surface area contributed by atoms with E-state index in [1.807, 2.05) is 44.2 Å². The number of thioether (sulfide) groups is 1. The molecule has 7 heteroatoms. The van der Waals surface area contributed by atoms with Gasteiger partial charge in [0, 0.05) is 25.5 Å². The highest BCUT2D eigenvalue weighted by molar-refractivity contribution is 8.00. The molecule has 1 aromatic carbocycles. The number of carbonyl (C=O) groups is 1. The quantitative estimate of drug-likeness (QED) is 0.345. The van der Waals surface area contributed by atoms with Gasteiger partial charge in [-0.05, 0) is 25.0 Å². The van der Waals surface area contributed by atoms with E-state index < -0.39 is 0 Å². The third-order valence-corrected chi connectivity index (χ3v) is 6.75. The molecule has 0 fully saturated rings. The second-order valence-corrected chi connectivity index (χ2v) is 9.00. The Labute approximate surface area is 172 Å². The first-order valence-electron chi connectivity index (χ1n) is 8.93. The Morgan fingerprint density at radius 3 is 2.64 bits per heavy atom. The number of aromatic nitrogens is 2. The van der Waals surface area contributed by atoms with Crippen LogP contribution in [0.5, 0.6) is 0 Å². The zero-order chi connectivity index (χ0) is 20.4. The lowest BCUT2D eigenvalue weighted by molar-refractivity contribution is -0.127. The van der Waals surface area contributed by atoms with Crippen LogP contribution in [0.1, 0.15) is 12.5 Å². The van der Waals surface area contributed by atoms with Crippen LogP contribution in [0.15, 0.2) is 52.9 Å². The SMILES string of the molecule is C=CCn1c(SC(C)C(=O)N(C)C)nc2sc(-c3ccccc3)c(C)c2c1=O. The maximum Gasteiger partial charge on any atom is 0.263 e. The Morgan fingerprint density at radius 2 is 2.04 bits per heavy atom. The third-order valence-electron chi connectivity index (χ3n) is 4.43. The molecule has 0 saturated carbocycles. The molecular weight excluding hydrogens is 390 g/mol. The van der Waals surface area contributed by atoms with Gasteiger partial charge in [0.15, 0.2) is 5.16 Å². The van der Waals surface area contributed by atoms with Gasteiger partial charge < -0.3 is 4.90 Å². The lowest BCUT2D eigenvalue weighted by Crippen LogP contribution is -2.31. The van der Waals surface area contributed by atoms with Crippen LogP contribution in [0.25, 0.3) is 20.7 Å². The lowest BCUT2D eigenvalue weighted by atomic mass is 10.1. The number of rotatable bonds is 6. The summed E-state index contributed by atoms with van der Waals surface area (Å²) in [5.74, 6) is -0.0168. The van der Waals surface area contributed by atoms with Crippen molar-refractivity contribution in [2.75, 3.05) is 14.1 Å². The molecule has 5 nitrogen and oxygen atoms in total. The Bertz CT molecular complexity index is 1080. The predicted octanol–water partition coefficient (Wildman–Crippen LogP) is 4.19. The van der Waals surface area contributed by atoms with E-state index in [9.17, 15) is 9.59 Å². The van der Waals surface area contributed by atoms with Crippen molar-refractivity contribution in [2.24, 2.45) is 0 Å². The molecule has 0 aliphatic carbocycles. The second kappa shape index (κ2) is 8.32. The van der Waals surface area contributed by atoms with Gasteiger partial charge in [-0.25, -0.2) is 4.98 Å². The molecule has 0 saturated heterocycles. The van der Waals surface area contributed by atoms with Crippen molar-refractivity contribution in [3.05, 3.63) is 58.9 Å². The number of amides is 1. The summed E-state index contributed by atoms with van der Waals surface area (Å²) in [6.45, 7) is 7.91. The van der Waals surface area contributed by atoms with E-state index in [2.05, 4.69) is 6.58 Å². The predicted molar refractivity (Wildman–Crippen MR) is 118 cm³/mol. The maximum atomic E-state index is 13.3. The fourth-order valence-electron chi connectivity index (χ4n) is 3.01. The van der Waals surface area contributed by atoms with Gasteiger partial charge in [-0.15, -0.1) is 17.9 Å². The molecular formula is C21H23N3O2S2. The molecule has 3 aromatic rings. The third kappa shape index (κ3) is 3.77. The average molecular weight is 414 g/mol. The fourth-order valence-corrected chi connectivity index (χ4v) is 5.31. The van der Waals surface area contributed by atoms with E-state index >= 15 is 0 Å². The Balaban J connectivity index is 2.17. The van der Waals surface area contributed by atoms with Crippen LogP contribution in [-0.4, -0.2) is 39.7 Å². The van der Waals surface area contributed by atoms with Crippen molar-refractivity contribution in [1.82, 2.24) is 14.5 Å². The van der Waals surface area contributed by atoms with Crippen LogP contribution in [0, 0.1) is 6.92 Å². The van der Waals surface area contributed by atoms with Gasteiger partial charge >= 0.3 is 0 Å². The summed E-state index contributed by atoms with van der Waals surface area (Å²) >= 11 is 2.82. The summed E-state index contributed by atoms with van der Waals surface area (Å²) in [5, 5.41) is 0.840. The van der Waals surface area contributed by atoms with Gasteiger partial charge in [-0.2, -0.15) is 0 Å². The van der Waals surface area contributed by atoms with E-state index in [4.69, 9.17) is 4.98 Å². The summed E-state index contributed by atoms with van der Waals surface area (Å²) < 4.78 is 1.61. The number of nitrogens with zero attached hydrogens (tertiary/aromatic N) is 3. The smallest absolute Gasteiger partial charge is 0.263 e. The zero-order valence-corrected chi connectivity index (χ0v) is 18.1. The minimum atomic E-state index is -0.343. The molecule has 2 heterocycles. The standard InChI is InChI=1S/C21H23N3O2S2/c1-6-12-24-20(26)16-13(2)17(15-10-8-7-9-11-15)28-18(16)22-21(24)27-14(3)19(25)23(4)5/h6-11,14H,1,12H2,2-5H3. The first kappa shape index (κ1) is 20.4. The summed E-state index contributed by atoms with van der Waals surface area (Å²) in [5.41, 5.74) is 1.92. The van der Waals surface area contributed by atoms with Gasteiger partial charge in [-0.3, -0.25) is 14.2 Å². The van der Waals surface area contributed by atoms with Crippen molar-refractivity contribution in [3.63, 3.8) is 0 Å². The first-order chi connectivity index (χ1) is 13.3. The second-order valence-electron chi connectivity index (χ2n) is 6.69. The highest BCUT2D eigenvalue weighted by Gasteiger charge is 2.22. The Hall–Kier alpha value is -2.38. The monoisotopic (exact) mass is 413 g/mol. The highest BCUT2D eigenvalue weighted by Crippen LogP contribution is 2.36. The van der Waals surface area contributed by atoms with Crippen LogP contribution in [0.4, 0.5) is 0 Å². The zero-order valence-electron chi connectivity index (χ0n) is 16.4. The van der Waals surface area contributed by atoms with Crippen molar-refractivity contribution in [1.29, 1.82) is 0 Å². The molecule has 0 spiro atoms. The van der Waals surface area contributed by atoms with E-state index in [1.54, 1.807) is 29.6 Å². The summed E-state index contributed by atoms with van der Waals surface area (Å²) in [4.78, 5) is 33.6. The van der Waals surface area contributed by atoms with Gasteiger partial charge in [0.05, 0.1) is 10.6 Å². The molecule has 0 radical (unpaired) electrons. The topological polar surface area (TPSA) is 55.2 Å². The molecule has 0 aliphatic heterocycles. The van der Waals surface area contributed by atoms with Crippen LogP contribution in [-0.2, 0) is 11.3 Å². The Morgan fingerprint density at radius 1 is 1.36 bits per heavy atom. The number of aryl methyl sites for hydroxylation is 1. The normalized spacial score (nSPS) is 12.1. The maximum absolute atomic E-state index is 13.3. The van der Waals surface area contributed by atoms with Crippen molar-refractivity contribution in [2.45, 2.75) is 30.8 Å². The van der Waals surface area contributed by atoms with Gasteiger partial charge in [0.1, 0.15) is 4.83 Å². The fraction of sp³-hybridized carbons (Fsp3) is 0.286. The minimum Gasteiger partial charge on any atom is -0.348 e. The number of benzene rings is 1. The molecule has 3 rings (SSSR count). The van der Waals surface area contributed by atoms with Crippen LogP contribution >= 0.6 is 23.1 Å². The molecule has 28 heavy (non-hydrogen) atoms. The van der Waals surface area contributed by atoms with Gasteiger partial charge in [-0.1, -0.05) is 48.2 Å². The number of thiophene rings is 1. The molecule has 2 aromatic heterocycles. The largest absolute Gasteiger partial charge is 0.348 e. The summed E-state index contributed by atoms with van der Waals surface area (Å²) in [6.07, 6.45) is 1.68. The van der Waals surface area contributed by atoms with Gasteiger partial charge in [0.25, 0.3) is 5.56 Å². The number of allylic oxidation sites excluding steroid dienone is 1. The van der Waals surface area contributed by atoms with Gasteiger partial charge in [0.2, 0.25) is 5.91 Å². The molecule has 1 unspecified atom stereocenters. The highest BCUT2D eigenvalue weighted by atomic mass is 32.2. The number of hydrogen-bond acceptors (Lipinski definition) is 5. The minimum absolute atomic E-state index is 0.0168. The first-order valence-corrected chi connectivity index (χ1v) is 10.6. The summed E-state index contributed by atoms with van der Waals surface area (Å²) in [6, 6.07) is 10.0. The van der Waals surface area contributed by atoms with Crippen LogP contribution < -0.4 is 5.56 Å². The van der Waals surface area contributed by atoms with Crippen LogP contribution in [0.2, 0.25) is 0 Å².